The molecule has 0 aliphatic carbocycles. The summed E-state index contributed by atoms with van der Waals surface area (Å²) in [5.41, 5.74) is -0.207. The van der Waals surface area contributed by atoms with Gasteiger partial charge in [0.15, 0.2) is 17.3 Å². The highest BCUT2D eigenvalue weighted by Gasteiger charge is 2.19. The minimum absolute atomic E-state index is 0.0157. The van der Waals surface area contributed by atoms with Gasteiger partial charge in [0.05, 0.1) is 13.2 Å². The molecule has 3 aromatic rings. The van der Waals surface area contributed by atoms with Crippen molar-refractivity contribution >= 4 is 35.2 Å². The molecule has 3 aromatic heterocycles. The minimum atomic E-state index is -0.766. The lowest BCUT2D eigenvalue weighted by Gasteiger charge is -1.97. The van der Waals surface area contributed by atoms with Gasteiger partial charge in [-0.15, -0.1) is 5.10 Å². The van der Waals surface area contributed by atoms with Gasteiger partial charge in [-0.3, -0.25) is 19.8 Å². The Labute approximate surface area is 154 Å². The molecule has 0 radical (unpaired) electrons. The number of anilines is 2. The Morgan fingerprint density at radius 1 is 0.964 bits per heavy atom. The van der Waals surface area contributed by atoms with E-state index in [1.54, 1.807) is 0 Å². The van der Waals surface area contributed by atoms with Crippen LogP contribution in [-0.4, -0.2) is 60.4 Å². The largest absolute Gasteiger partial charge is 0.464 e. The van der Waals surface area contributed by atoms with Gasteiger partial charge in [0.1, 0.15) is 11.4 Å². The van der Waals surface area contributed by atoms with E-state index in [0.29, 0.717) is 0 Å². The van der Waals surface area contributed by atoms with Crippen molar-refractivity contribution in [3.8, 4) is 0 Å². The first-order valence-corrected chi connectivity index (χ1v) is 7.39. The van der Waals surface area contributed by atoms with E-state index in [4.69, 9.17) is 0 Å². The summed E-state index contributed by atoms with van der Waals surface area (Å²) >= 11 is 0. The molecule has 0 saturated carbocycles. The second-order valence-corrected chi connectivity index (χ2v) is 5.13. The Hall–Kier alpha value is -4.56. The van der Waals surface area contributed by atoms with Gasteiger partial charge in [0.2, 0.25) is 0 Å². The number of aromatic amines is 3. The molecule has 0 unspecified atom stereocenters. The fourth-order valence-electron chi connectivity index (χ4n) is 1.99. The molecule has 0 bridgehead atoms. The third-order valence-electron chi connectivity index (χ3n) is 3.28. The van der Waals surface area contributed by atoms with Crippen molar-refractivity contribution in [2.45, 2.75) is 0 Å². The van der Waals surface area contributed by atoms with Gasteiger partial charge in [-0.2, -0.15) is 10.2 Å². The van der Waals surface area contributed by atoms with Crippen LogP contribution in [-0.2, 0) is 4.74 Å². The van der Waals surface area contributed by atoms with Crippen molar-refractivity contribution in [3.63, 3.8) is 0 Å². The zero-order valence-corrected chi connectivity index (χ0v) is 14.0. The molecule has 15 heteroatoms. The highest BCUT2D eigenvalue weighted by atomic mass is 16.6. The van der Waals surface area contributed by atoms with Crippen LogP contribution in [0.4, 0.5) is 17.5 Å². The number of nitrogens with one attached hydrogen (secondary N) is 5. The Morgan fingerprint density at radius 3 is 2.18 bits per heavy atom. The SMILES string of the molecule is COC(=O)c1cc(NC(=O)c2cc(NC(=O)c3cc([N+](=O)[O-])[nH]n3)n[nH]2)n[nH]1. The smallest absolute Gasteiger partial charge is 0.356 e. The second kappa shape index (κ2) is 7.36. The first-order valence-electron chi connectivity index (χ1n) is 7.39. The standard InChI is InChI=1S/C13H11N9O6/c1-28-13(25)7-3-9(20-18-7)15-11(23)5-2-8(19-16-5)14-12(24)6-4-10(21-17-6)22(26)27/h2-4H,1H3,(H,17,21)(H2,14,16,19,24)(H2,15,18,20,23). The summed E-state index contributed by atoms with van der Waals surface area (Å²) in [5.74, 6) is -2.47. The maximum Gasteiger partial charge on any atom is 0.356 e. The third kappa shape index (κ3) is 3.82. The number of ether oxygens (including phenoxy) is 1. The maximum absolute atomic E-state index is 12.2. The van der Waals surface area contributed by atoms with E-state index in [9.17, 15) is 24.5 Å². The summed E-state index contributed by atoms with van der Waals surface area (Å²) in [6.07, 6.45) is 0. The van der Waals surface area contributed by atoms with E-state index in [1.165, 1.54) is 19.2 Å². The van der Waals surface area contributed by atoms with Gasteiger partial charge in [-0.05, 0) is 4.92 Å². The fraction of sp³-hybridized carbons (Fsp3) is 0.0769. The van der Waals surface area contributed by atoms with E-state index in [-0.39, 0.29) is 28.7 Å². The molecule has 0 spiro atoms. The third-order valence-corrected chi connectivity index (χ3v) is 3.28. The van der Waals surface area contributed by atoms with Gasteiger partial charge in [-0.1, -0.05) is 5.10 Å². The highest BCUT2D eigenvalue weighted by molar-refractivity contribution is 6.05. The molecule has 2 amide bonds. The normalized spacial score (nSPS) is 10.3. The molecule has 0 fully saturated rings. The van der Waals surface area contributed by atoms with Crippen molar-refractivity contribution in [2.75, 3.05) is 17.7 Å². The lowest BCUT2D eigenvalue weighted by atomic mass is 10.3. The fourth-order valence-corrected chi connectivity index (χ4v) is 1.99. The van der Waals surface area contributed by atoms with Crippen molar-refractivity contribution < 1.29 is 24.0 Å². The Kier molecular flexibility index (Phi) is 4.79. The number of nitrogens with zero attached hydrogens (tertiary/aromatic N) is 4. The molecule has 3 heterocycles. The van der Waals surface area contributed by atoms with Crippen molar-refractivity contribution in [1.82, 2.24) is 30.6 Å². The summed E-state index contributed by atoms with van der Waals surface area (Å²) in [6.45, 7) is 0. The monoisotopic (exact) mass is 389 g/mol. The number of hydrogen-bond donors (Lipinski definition) is 5. The van der Waals surface area contributed by atoms with E-state index < -0.39 is 28.5 Å². The molecular formula is C13H11N9O6. The Bertz CT molecular complexity index is 1060. The molecule has 0 aromatic carbocycles. The summed E-state index contributed by atoms with van der Waals surface area (Å²) < 4.78 is 4.51. The number of nitro groups is 1. The number of aromatic nitrogens is 6. The Morgan fingerprint density at radius 2 is 1.57 bits per heavy atom. The average molecular weight is 389 g/mol. The van der Waals surface area contributed by atoms with Crippen LogP contribution < -0.4 is 10.6 Å². The minimum Gasteiger partial charge on any atom is -0.464 e. The van der Waals surface area contributed by atoms with Gasteiger partial charge in [0.25, 0.3) is 11.8 Å². The van der Waals surface area contributed by atoms with Crippen molar-refractivity contribution in [3.05, 3.63) is 45.4 Å². The predicted molar refractivity (Wildman–Crippen MR) is 89.7 cm³/mol. The van der Waals surface area contributed by atoms with Gasteiger partial charge in [-0.25, -0.2) is 4.79 Å². The number of methoxy groups -OCH3 is 1. The molecule has 15 nitrogen and oxygen atoms in total. The maximum atomic E-state index is 12.2. The number of H-pyrrole nitrogens is 3. The summed E-state index contributed by atoms with van der Waals surface area (Å²) in [5, 5.41) is 33.2. The second-order valence-electron chi connectivity index (χ2n) is 5.13. The molecule has 0 aliphatic heterocycles. The van der Waals surface area contributed by atoms with E-state index in [2.05, 4.69) is 46.0 Å². The van der Waals surface area contributed by atoms with Crippen molar-refractivity contribution in [1.29, 1.82) is 0 Å². The lowest BCUT2D eigenvalue weighted by molar-refractivity contribution is -0.389. The zero-order chi connectivity index (χ0) is 20.3. The molecule has 5 N–H and O–H groups in total. The topological polar surface area (TPSA) is 214 Å². The number of esters is 1. The summed E-state index contributed by atoms with van der Waals surface area (Å²) in [7, 11) is 1.20. The number of carbonyl (C=O) groups is 3. The predicted octanol–water partition coefficient (Wildman–Crippen LogP) is 0.0553. The molecule has 0 aliphatic rings. The van der Waals surface area contributed by atoms with Gasteiger partial charge >= 0.3 is 11.8 Å². The first kappa shape index (κ1) is 18.2. The van der Waals surface area contributed by atoms with Crippen LogP contribution in [0.1, 0.15) is 31.5 Å². The molecule has 0 atom stereocenters. The molecule has 0 saturated heterocycles. The molecule has 3 rings (SSSR count). The number of carbonyl (C=O) groups excluding carboxylic acids is 3. The van der Waals surface area contributed by atoms with E-state index in [1.807, 2.05) is 0 Å². The molecular weight excluding hydrogens is 378 g/mol. The van der Waals surface area contributed by atoms with Crippen LogP contribution in [0, 0.1) is 10.1 Å². The van der Waals surface area contributed by atoms with Gasteiger partial charge in [0, 0.05) is 12.1 Å². The van der Waals surface area contributed by atoms with Gasteiger partial charge < -0.3 is 25.5 Å². The number of rotatable bonds is 6. The van der Waals surface area contributed by atoms with Crippen LogP contribution >= 0.6 is 0 Å². The Balaban J connectivity index is 1.63. The lowest BCUT2D eigenvalue weighted by Crippen LogP contribution is -2.13. The molecule has 28 heavy (non-hydrogen) atoms. The van der Waals surface area contributed by atoms with E-state index in [0.717, 1.165) is 6.07 Å². The zero-order valence-electron chi connectivity index (χ0n) is 14.0. The molecule has 144 valence electrons. The van der Waals surface area contributed by atoms with Crippen LogP contribution in [0.2, 0.25) is 0 Å². The number of hydrogen-bond acceptors (Lipinski definition) is 9. The van der Waals surface area contributed by atoms with Crippen LogP contribution in [0.5, 0.6) is 0 Å². The van der Waals surface area contributed by atoms with Crippen molar-refractivity contribution in [2.24, 2.45) is 0 Å². The average Bonchev–Trinajstić information content (AvgIpc) is 3.41. The van der Waals surface area contributed by atoms with Crippen LogP contribution in [0.15, 0.2) is 18.2 Å². The quantitative estimate of drug-likeness (QED) is 0.218. The summed E-state index contributed by atoms with van der Waals surface area (Å²) in [6, 6.07) is 3.45. The van der Waals surface area contributed by atoms with Crippen LogP contribution in [0.3, 0.4) is 0 Å². The van der Waals surface area contributed by atoms with Crippen LogP contribution in [0.25, 0.3) is 0 Å². The first-order chi connectivity index (χ1) is 13.4. The van der Waals surface area contributed by atoms with E-state index >= 15 is 0 Å². The highest BCUT2D eigenvalue weighted by Crippen LogP contribution is 2.13. The number of amides is 2. The summed E-state index contributed by atoms with van der Waals surface area (Å²) in [4.78, 5) is 45.3.